The molecule has 3 heteroatoms. The molecule has 0 amide bonds. The van der Waals surface area contributed by atoms with Crippen molar-refractivity contribution < 1.29 is 5.11 Å². The van der Waals surface area contributed by atoms with Crippen LogP contribution in [0.25, 0.3) is 0 Å². The summed E-state index contributed by atoms with van der Waals surface area (Å²) in [5.41, 5.74) is 0.296. The maximum atomic E-state index is 9.03. The molecule has 1 saturated carbocycles. The normalized spacial score (nSPS) is 31.3. The van der Waals surface area contributed by atoms with E-state index in [1.165, 1.54) is 51.5 Å². The van der Waals surface area contributed by atoms with Crippen LogP contribution < -0.4 is 10.6 Å². The van der Waals surface area contributed by atoms with Gasteiger partial charge in [-0.15, -0.1) is 0 Å². The van der Waals surface area contributed by atoms with Crippen LogP contribution in [0.2, 0.25) is 0 Å². The Morgan fingerprint density at radius 1 is 1.10 bits per heavy atom. The lowest BCUT2D eigenvalue weighted by molar-refractivity contribution is 0.162. The van der Waals surface area contributed by atoms with E-state index in [9.17, 15) is 0 Å². The molecule has 0 aromatic rings. The molecule has 0 bridgehead atoms. The molecule has 1 aliphatic heterocycles. The van der Waals surface area contributed by atoms with Crippen LogP contribution in [0.4, 0.5) is 0 Å². The largest absolute Gasteiger partial charge is 0.396 e. The molecule has 0 aromatic heterocycles. The Kier molecular flexibility index (Phi) is 6.97. The van der Waals surface area contributed by atoms with E-state index in [1.807, 2.05) is 0 Å². The lowest BCUT2D eigenvalue weighted by atomic mass is 9.76. The highest BCUT2D eigenvalue weighted by Crippen LogP contribution is 2.31. The van der Waals surface area contributed by atoms with Crippen molar-refractivity contribution in [2.75, 3.05) is 19.7 Å². The molecule has 1 saturated heterocycles. The van der Waals surface area contributed by atoms with Gasteiger partial charge in [-0.05, 0) is 56.4 Å². The topological polar surface area (TPSA) is 44.3 Å². The first kappa shape index (κ1) is 17.2. The third-order valence-corrected chi connectivity index (χ3v) is 5.54. The van der Waals surface area contributed by atoms with Gasteiger partial charge in [-0.1, -0.05) is 33.1 Å². The predicted molar refractivity (Wildman–Crippen MR) is 89.5 cm³/mol. The average Bonchev–Trinajstić information content (AvgIpc) is 2.52. The smallest absolute Gasteiger partial charge is 0.0431 e. The molecule has 0 spiro atoms. The molecule has 21 heavy (non-hydrogen) atoms. The van der Waals surface area contributed by atoms with Gasteiger partial charge in [0.25, 0.3) is 0 Å². The van der Waals surface area contributed by atoms with Gasteiger partial charge in [0, 0.05) is 25.2 Å². The summed E-state index contributed by atoms with van der Waals surface area (Å²) in [6.07, 6.45) is 11.7. The number of rotatable bonds is 7. The van der Waals surface area contributed by atoms with Crippen molar-refractivity contribution in [3.63, 3.8) is 0 Å². The first-order valence-corrected chi connectivity index (χ1v) is 9.20. The second kappa shape index (κ2) is 8.50. The molecule has 0 aromatic carbocycles. The second-order valence-corrected chi connectivity index (χ2v) is 7.98. The van der Waals surface area contributed by atoms with Crippen LogP contribution in [0.15, 0.2) is 0 Å². The van der Waals surface area contributed by atoms with Crippen molar-refractivity contribution in [1.82, 2.24) is 10.6 Å². The van der Waals surface area contributed by atoms with Crippen LogP contribution in [0.3, 0.4) is 0 Å². The fraction of sp³-hybridized carbons (Fsp3) is 1.00. The maximum absolute atomic E-state index is 9.03. The van der Waals surface area contributed by atoms with E-state index in [2.05, 4.69) is 24.5 Å². The fourth-order valence-corrected chi connectivity index (χ4v) is 4.19. The number of aliphatic hydroxyl groups is 1. The standard InChI is InChI=1S/C18H36N2O/c1-18(2,11-7-13-21)14-20-17-9-4-3-8-15(17)16-10-5-6-12-19-16/h15-17,19-21H,3-14H2,1-2H3. The molecule has 2 rings (SSSR count). The van der Waals surface area contributed by atoms with E-state index in [0.29, 0.717) is 18.1 Å². The molecular formula is C18H36N2O. The predicted octanol–water partition coefficient (Wildman–Crippen LogP) is 3.08. The minimum Gasteiger partial charge on any atom is -0.396 e. The Balaban J connectivity index is 1.83. The summed E-state index contributed by atoms with van der Waals surface area (Å²) < 4.78 is 0. The molecule has 3 N–H and O–H groups in total. The van der Waals surface area contributed by atoms with Gasteiger partial charge in [-0.3, -0.25) is 0 Å². The van der Waals surface area contributed by atoms with Crippen LogP contribution in [-0.4, -0.2) is 36.9 Å². The summed E-state index contributed by atoms with van der Waals surface area (Å²) >= 11 is 0. The zero-order valence-electron chi connectivity index (χ0n) is 14.2. The van der Waals surface area contributed by atoms with E-state index < -0.39 is 0 Å². The van der Waals surface area contributed by atoms with Crippen LogP contribution in [0, 0.1) is 11.3 Å². The van der Waals surface area contributed by atoms with E-state index in [4.69, 9.17) is 5.11 Å². The summed E-state index contributed by atoms with van der Waals surface area (Å²) in [5, 5.41) is 16.7. The molecule has 1 heterocycles. The molecule has 3 nitrogen and oxygen atoms in total. The van der Waals surface area contributed by atoms with Crippen molar-refractivity contribution in [2.24, 2.45) is 11.3 Å². The van der Waals surface area contributed by atoms with Gasteiger partial charge < -0.3 is 15.7 Å². The number of hydrogen-bond donors (Lipinski definition) is 3. The van der Waals surface area contributed by atoms with Crippen LogP contribution in [0.1, 0.15) is 71.6 Å². The van der Waals surface area contributed by atoms with Crippen LogP contribution in [-0.2, 0) is 0 Å². The Bertz CT molecular complexity index is 287. The molecule has 3 unspecified atom stereocenters. The van der Waals surface area contributed by atoms with Gasteiger partial charge in [0.2, 0.25) is 0 Å². The first-order valence-electron chi connectivity index (χ1n) is 9.20. The zero-order chi connectivity index (χ0) is 15.1. The monoisotopic (exact) mass is 296 g/mol. The number of nitrogens with one attached hydrogen (secondary N) is 2. The summed E-state index contributed by atoms with van der Waals surface area (Å²) in [5.74, 6) is 0.827. The highest BCUT2D eigenvalue weighted by molar-refractivity contribution is 4.91. The molecular weight excluding hydrogens is 260 g/mol. The Labute approximate surface area is 131 Å². The quantitative estimate of drug-likeness (QED) is 0.676. The summed E-state index contributed by atoms with van der Waals surface area (Å²) in [4.78, 5) is 0. The number of hydrogen-bond acceptors (Lipinski definition) is 3. The van der Waals surface area contributed by atoms with Crippen molar-refractivity contribution in [3.05, 3.63) is 0 Å². The molecule has 3 atom stereocenters. The van der Waals surface area contributed by atoms with Crippen LogP contribution >= 0.6 is 0 Å². The van der Waals surface area contributed by atoms with Crippen molar-refractivity contribution in [3.8, 4) is 0 Å². The Morgan fingerprint density at radius 3 is 2.57 bits per heavy atom. The van der Waals surface area contributed by atoms with Gasteiger partial charge in [-0.2, -0.15) is 0 Å². The number of aliphatic hydroxyl groups excluding tert-OH is 1. The minimum atomic E-state index is 0.296. The molecule has 2 fully saturated rings. The van der Waals surface area contributed by atoms with E-state index in [0.717, 1.165) is 31.3 Å². The molecule has 2 aliphatic rings. The maximum Gasteiger partial charge on any atom is 0.0431 e. The lowest BCUT2D eigenvalue weighted by Crippen LogP contribution is -2.52. The summed E-state index contributed by atoms with van der Waals surface area (Å²) in [6.45, 7) is 7.27. The lowest BCUT2D eigenvalue weighted by Gasteiger charge is -2.41. The van der Waals surface area contributed by atoms with E-state index in [-0.39, 0.29) is 0 Å². The Morgan fingerprint density at radius 2 is 1.86 bits per heavy atom. The van der Waals surface area contributed by atoms with Gasteiger partial charge in [-0.25, -0.2) is 0 Å². The molecule has 124 valence electrons. The Hall–Kier alpha value is -0.120. The van der Waals surface area contributed by atoms with Gasteiger partial charge >= 0.3 is 0 Å². The van der Waals surface area contributed by atoms with Crippen molar-refractivity contribution in [1.29, 1.82) is 0 Å². The summed E-state index contributed by atoms with van der Waals surface area (Å²) in [6, 6.07) is 1.44. The number of piperidine rings is 1. The first-order chi connectivity index (χ1) is 10.1. The van der Waals surface area contributed by atoms with E-state index >= 15 is 0 Å². The van der Waals surface area contributed by atoms with Crippen LogP contribution in [0.5, 0.6) is 0 Å². The van der Waals surface area contributed by atoms with Crippen molar-refractivity contribution >= 4 is 0 Å². The zero-order valence-corrected chi connectivity index (χ0v) is 14.2. The van der Waals surface area contributed by atoms with E-state index in [1.54, 1.807) is 0 Å². The average molecular weight is 296 g/mol. The second-order valence-electron chi connectivity index (χ2n) is 7.98. The van der Waals surface area contributed by atoms with Gasteiger partial charge in [0.15, 0.2) is 0 Å². The molecule has 0 radical (unpaired) electrons. The van der Waals surface area contributed by atoms with Gasteiger partial charge in [0.05, 0.1) is 0 Å². The molecule has 1 aliphatic carbocycles. The van der Waals surface area contributed by atoms with Crippen molar-refractivity contribution in [2.45, 2.75) is 83.7 Å². The van der Waals surface area contributed by atoms with Gasteiger partial charge in [0.1, 0.15) is 0 Å². The third kappa shape index (κ3) is 5.54. The third-order valence-electron chi connectivity index (χ3n) is 5.54. The fourth-order valence-electron chi connectivity index (χ4n) is 4.19. The SMILES string of the molecule is CC(C)(CCCO)CNC1CCCCC1C1CCCCN1. The summed E-state index contributed by atoms with van der Waals surface area (Å²) in [7, 11) is 0. The minimum absolute atomic E-state index is 0.296. The highest BCUT2D eigenvalue weighted by atomic mass is 16.2. The highest BCUT2D eigenvalue weighted by Gasteiger charge is 2.33.